The summed E-state index contributed by atoms with van der Waals surface area (Å²) in [5.41, 5.74) is -5.49. The first-order valence-electron chi connectivity index (χ1n) is 6.59. The molecular formula is C13H12F6O5S. The topological polar surface area (TPSA) is 69.7 Å². The molecule has 5 nitrogen and oxygen atoms in total. The molecule has 0 heterocycles. The quantitative estimate of drug-likeness (QED) is 0.307. The van der Waals surface area contributed by atoms with Crippen molar-refractivity contribution >= 4 is 16.1 Å². The lowest BCUT2D eigenvalue weighted by Gasteiger charge is -2.18. The van der Waals surface area contributed by atoms with Crippen molar-refractivity contribution < 1.29 is 48.5 Å². The summed E-state index contributed by atoms with van der Waals surface area (Å²) in [6, 6.07) is 7.68. The minimum atomic E-state index is -6.26. The zero-order chi connectivity index (χ0) is 19.3. The minimum absolute atomic E-state index is 0.393. The predicted octanol–water partition coefficient (Wildman–Crippen LogP) is 3.31. The van der Waals surface area contributed by atoms with Gasteiger partial charge in [0, 0.05) is 6.42 Å². The minimum Gasteiger partial charge on any atom is -0.459 e. The zero-order valence-corrected chi connectivity index (χ0v) is 13.1. The maximum absolute atomic E-state index is 12.3. The first kappa shape index (κ1) is 21.2. The van der Waals surface area contributed by atoms with Gasteiger partial charge in [-0.3, -0.25) is 0 Å². The van der Waals surface area contributed by atoms with Crippen molar-refractivity contribution in [2.45, 2.75) is 37.2 Å². The van der Waals surface area contributed by atoms with Crippen molar-refractivity contribution in [3.8, 4) is 0 Å². The lowest BCUT2D eigenvalue weighted by Crippen LogP contribution is -2.36. The fourth-order valence-electron chi connectivity index (χ4n) is 1.53. The van der Waals surface area contributed by atoms with Crippen LogP contribution in [0.5, 0.6) is 0 Å². The highest BCUT2D eigenvalue weighted by molar-refractivity contribution is 7.87. The average molecular weight is 394 g/mol. The molecule has 0 amide bonds. The summed E-state index contributed by atoms with van der Waals surface area (Å²) in [6.45, 7) is -0.475. The number of hydrogen-bond donors (Lipinski definition) is 0. The fraction of sp³-hybridized carbons (Fsp3) is 0.462. The molecule has 0 aliphatic carbocycles. The van der Waals surface area contributed by atoms with Gasteiger partial charge < -0.3 is 4.74 Å². The van der Waals surface area contributed by atoms with Crippen LogP contribution in [-0.2, 0) is 30.4 Å². The van der Waals surface area contributed by atoms with Gasteiger partial charge in [-0.25, -0.2) is 8.98 Å². The van der Waals surface area contributed by atoms with E-state index in [1.165, 1.54) is 12.1 Å². The molecule has 142 valence electrons. The molecule has 0 saturated heterocycles. The van der Waals surface area contributed by atoms with Gasteiger partial charge in [0.2, 0.25) is 0 Å². The van der Waals surface area contributed by atoms with Crippen LogP contribution in [0.25, 0.3) is 0 Å². The Balaban J connectivity index is 2.84. The van der Waals surface area contributed by atoms with Gasteiger partial charge in [0.25, 0.3) is 0 Å². The molecule has 0 aliphatic rings. The van der Waals surface area contributed by atoms with Crippen molar-refractivity contribution in [2.24, 2.45) is 0 Å². The Bertz CT molecular complexity index is 668. The second-order valence-corrected chi connectivity index (χ2v) is 6.30. The SMILES string of the molecule is O=C(OCc1ccccc1)C(CCC(F)(F)F)OS(=O)(=O)C(F)(F)F. The van der Waals surface area contributed by atoms with E-state index >= 15 is 0 Å². The van der Waals surface area contributed by atoms with Gasteiger partial charge in [-0.2, -0.15) is 34.8 Å². The van der Waals surface area contributed by atoms with E-state index in [9.17, 15) is 39.6 Å². The number of carbonyl (C=O) groups excluding carboxylic acids is 1. The third-order valence-corrected chi connectivity index (χ3v) is 3.76. The lowest BCUT2D eigenvalue weighted by atomic mass is 10.2. The van der Waals surface area contributed by atoms with Gasteiger partial charge in [-0.15, -0.1) is 0 Å². The van der Waals surface area contributed by atoms with E-state index in [0.717, 1.165) is 0 Å². The summed E-state index contributed by atoms with van der Waals surface area (Å²) in [4.78, 5) is 11.7. The van der Waals surface area contributed by atoms with E-state index in [2.05, 4.69) is 8.92 Å². The Labute approximate surface area is 138 Å². The van der Waals surface area contributed by atoms with Crippen molar-refractivity contribution in [1.29, 1.82) is 0 Å². The Morgan fingerprint density at radius 1 is 1.04 bits per heavy atom. The van der Waals surface area contributed by atoms with Crippen LogP contribution in [-0.4, -0.2) is 32.2 Å². The monoisotopic (exact) mass is 394 g/mol. The van der Waals surface area contributed by atoms with Crippen LogP contribution >= 0.6 is 0 Å². The number of hydrogen-bond acceptors (Lipinski definition) is 5. The number of ether oxygens (including phenoxy) is 1. The molecule has 0 bridgehead atoms. The molecule has 1 unspecified atom stereocenters. The third-order valence-electron chi connectivity index (χ3n) is 2.70. The van der Waals surface area contributed by atoms with Crippen molar-refractivity contribution in [3.05, 3.63) is 35.9 Å². The van der Waals surface area contributed by atoms with Crippen LogP contribution in [0.4, 0.5) is 26.3 Å². The van der Waals surface area contributed by atoms with E-state index in [-0.39, 0.29) is 0 Å². The van der Waals surface area contributed by atoms with Crippen LogP contribution in [0.3, 0.4) is 0 Å². The summed E-state index contributed by atoms with van der Waals surface area (Å²) in [6.07, 6.45) is -10.5. The van der Waals surface area contributed by atoms with Crippen molar-refractivity contribution in [2.75, 3.05) is 0 Å². The summed E-state index contributed by atoms with van der Waals surface area (Å²) in [7, 11) is -6.26. The molecular weight excluding hydrogens is 382 g/mol. The molecule has 1 atom stereocenters. The fourth-order valence-corrected chi connectivity index (χ4v) is 2.12. The predicted molar refractivity (Wildman–Crippen MR) is 71.4 cm³/mol. The van der Waals surface area contributed by atoms with E-state index in [1.807, 2.05) is 0 Å². The molecule has 1 rings (SSSR count). The standard InChI is InChI=1S/C13H12F6O5S/c14-12(15,16)7-6-10(24-25(21,22)13(17,18)19)11(20)23-8-9-4-2-1-3-5-9/h1-5,10H,6-8H2. The molecule has 0 radical (unpaired) electrons. The van der Waals surface area contributed by atoms with Gasteiger partial charge in [-0.05, 0) is 12.0 Å². The average Bonchev–Trinajstić information content (AvgIpc) is 2.48. The molecule has 0 spiro atoms. The van der Waals surface area contributed by atoms with Crippen LogP contribution < -0.4 is 0 Å². The Kier molecular flexibility index (Phi) is 6.82. The molecule has 1 aromatic carbocycles. The molecule has 0 aromatic heterocycles. The third kappa shape index (κ3) is 7.30. The van der Waals surface area contributed by atoms with Crippen molar-refractivity contribution in [3.63, 3.8) is 0 Å². The van der Waals surface area contributed by atoms with E-state index in [1.54, 1.807) is 18.2 Å². The number of benzene rings is 1. The Morgan fingerprint density at radius 2 is 1.60 bits per heavy atom. The maximum Gasteiger partial charge on any atom is 0.523 e. The highest BCUT2D eigenvalue weighted by Crippen LogP contribution is 2.29. The van der Waals surface area contributed by atoms with E-state index < -0.39 is 53.3 Å². The number of alkyl halides is 6. The molecule has 12 heteroatoms. The number of rotatable bonds is 7. The van der Waals surface area contributed by atoms with Crippen LogP contribution in [0.15, 0.2) is 30.3 Å². The summed E-state index contributed by atoms with van der Waals surface area (Å²) in [5, 5.41) is 0. The normalized spacial score (nSPS) is 14.2. The molecule has 0 N–H and O–H groups in total. The number of esters is 1. The van der Waals surface area contributed by atoms with Crippen LogP contribution in [0.1, 0.15) is 18.4 Å². The molecule has 1 aromatic rings. The summed E-state index contributed by atoms with van der Waals surface area (Å²) >= 11 is 0. The Hall–Kier alpha value is -1.82. The molecule has 0 saturated carbocycles. The smallest absolute Gasteiger partial charge is 0.459 e. The lowest BCUT2D eigenvalue weighted by molar-refractivity contribution is -0.160. The molecule has 25 heavy (non-hydrogen) atoms. The van der Waals surface area contributed by atoms with Gasteiger partial charge in [0.15, 0.2) is 6.10 Å². The summed E-state index contributed by atoms with van der Waals surface area (Å²) in [5.74, 6) is -1.65. The van der Waals surface area contributed by atoms with Gasteiger partial charge in [0.1, 0.15) is 6.61 Å². The first-order chi connectivity index (χ1) is 11.3. The number of carbonyl (C=O) groups is 1. The largest absolute Gasteiger partial charge is 0.523 e. The zero-order valence-electron chi connectivity index (χ0n) is 12.3. The summed E-state index contributed by atoms with van der Waals surface area (Å²) < 4.78 is 104. The van der Waals surface area contributed by atoms with Gasteiger partial charge in [-0.1, -0.05) is 30.3 Å². The van der Waals surface area contributed by atoms with Crippen molar-refractivity contribution in [1.82, 2.24) is 0 Å². The van der Waals surface area contributed by atoms with Crippen LogP contribution in [0.2, 0.25) is 0 Å². The Morgan fingerprint density at radius 3 is 2.08 bits per heavy atom. The van der Waals surface area contributed by atoms with E-state index in [4.69, 9.17) is 0 Å². The molecule has 0 fully saturated rings. The second kappa shape index (κ2) is 8.04. The molecule has 0 aliphatic heterocycles. The van der Waals surface area contributed by atoms with E-state index in [0.29, 0.717) is 5.56 Å². The highest BCUT2D eigenvalue weighted by Gasteiger charge is 2.50. The second-order valence-electron chi connectivity index (χ2n) is 4.73. The van der Waals surface area contributed by atoms with Gasteiger partial charge in [0.05, 0.1) is 0 Å². The van der Waals surface area contributed by atoms with Gasteiger partial charge >= 0.3 is 27.8 Å². The maximum atomic E-state index is 12.3. The van der Waals surface area contributed by atoms with Crippen LogP contribution in [0, 0.1) is 0 Å². The first-order valence-corrected chi connectivity index (χ1v) is 7.99. The highest BCUT2D eigenvalue weighted by atomic mass is 32.2. The number of halogens is 6.